The van der Waals surface area contributed by atoms with E-state index in [1.165, 1.54) is 7.11 Å². The first kappa shape index (κ1) is 14.4. The zero-order chi connectivity index (χ0) is 15.2. The zero-order valence-electron chi connectivity index (χ0n) is 11.4. The number of nitrogens with zero attached hydrogens (tertiary/aromatic N) is 3. The number of anilines is 1. The second-order valence-corrected chi connectivity index (χ2v) is 4.46. The van der Waals surface area contributed by atoms with Gasteiger partial charge in [0, 0.05) is 11.6 Å². The third kappa shape index (κ3) is 3.71. The Bertz CT molecular complexity index is 649. The first-order valence-corrected chi connectivity index (χ1v) is 6.30. The quantitative estimate of drug-likeness (QED) is 0.627. The van der Waals surface area contributed by atoms with Crippen LogP contribution in [0.15, 0.2) is 23.3 Å². The van der Waals surface area contributed by atoms with Gasteiger partial charge in [0.15, 0.2) is 0 Å². The van der Waals surface area contributed by atoms with Crippen molar-refractivity contribution in [3.63, 3.8) is 0 Å². The second-order valence-electron chi connectivity index (χ2n) is 4.46. The molecule has 1 aliphatic rings. The summed E-state index contributed by atoms with van der Waals surface area (Å²) in [5.74, 6) is 0.282. The van der Waals surface area contributed by atoms with Gasteiger partial charge in [-0.05, 0) is 31.0 Å². The molecule has 2 rings (SSSR count). The van der Waals surface area contributed by atoms with Crippen molar-refractivity contribution >= 4 is 17.3 Å². The van der Waals surface area contributed by atoms with Gasteiger partial charge in [-0.15, -0.1) is 0 Å². The van der Waals surface area contributed by atoms with Gasteiger partial charge in [0.05, 0.1) is 12.8 Å². The molecule has 0 radical (unpaired) electrons. The molecule has 0 saturated heterocycles. The van der Waals surface area contributed by atoms with Crippen molar-refractivity contribution in [2.75, 3.05) is 12.5 Å². The van der Waals surface area contributed by atoms with Crippen LogP contribution in [0, 0.1) is 22.7 Å². The Morgan fingerprint density at radius 2 is 2.10 bits per heavy atom. The van der Waals surface area contributed by atoms with Gasteiger partial charge in [0.25, 0.3) is 5.91 Å². The van der Waals surface area contributed by atoms with Crippen LogP contribution in [0.25, 0.3) is 0 Å². The van der Waals surface area contributed by atoms with E-state index in [9.17, 15) is 4.79 Å². The average molecular weight is 283 g/mol. The number of carbonyl (C=O) groups excluding carboxylic acids is 1. The van der Waals surface area contributed by atoms with Crippen LogP contribution in [-0.2, 0) is 0 Å². The number of hydrogen-bond acceptors (Lipinski definition) is 6. The molecule has 1 amide bonds. The molecule has 106 valence electrons. The van der Waals surface area contributed by atoms with Crippen LogP contribution in [0.3, 0.4) is 0 Å². The Balaban J connectivity index is 2.21. The van der Waals surface area contributed by atoms with E-state index in [1.807, 2.05) is 0 Å². The normalized spacial score (nSPS) is 12.5. The summed E-state index contributed by atoms with van der Waals surface area (Å²) in [6, 6.07) is 8.36. The van der Waals surface area contributed by atoms with E-state index in [0.717, 1.165) is 12.8 Å². The Labute approximate surface area is 121 Å². The molecule has 1 aliphatic carbocycles. The number of benzene rings is 1. The molecule has 1 aromatic carbocycles. The van der Waals surface area contributed by atoms with Crippen LogP contribution in [-0.4, -0.2) is 24.8 Å². The molecule has 0 aliphatic heterocycles. The van der Waals surface area contributed by atoms with Gasteiger partial charge in [-0.25, -0.2) is 0 Å². The molecule has 1 fully saturated rings. The fourth-order valence-electron chi connectivity index (χ4n) is 1.62. The largest absolute Gasteiger partial charge is 0.495 e. The van der Waals surface area contributed by atoms with Gasteiger partial charge in [-0.2, -0.15) is 15.6 Å². The van der Waals surface area contributed by atoms with Crippen LogP contribution < -0.4 is 15.5 Å². The topological polar surface area (TPSA) is 110 Å². The van der Waals surface area contributed by atoms with Crippen molar-refractivity contribution in [1.29, 1.82) is 10.5 Å². The van der Waals surface area contributed by atoms with E-state index in [4.69, 9.17) is 15.3 Å². The highest BCUT2D eigenvalue weighted by atomic mass is 16.5. The minimum Gasteiger partial charge on any atom is -0.495 e. The van der Waals surface area contributed by atoms with E-state index in [-0.39, 0.29) is 17.7 Å². The first-order chi connectivity index (χ1) is 10.2. The maximum atomic E-state index is 12.0. The number of carbonyl (C=O) groups is 1. The van der Waals surface area contributed by atoms with E-state index in [2.05, 4.69) is 15.8 Å². The maximum Gasteiger partial charge on any atom is 0.251 e. The van der Waals surface area contributed by atoms with Crippen molar-refractivity contribution in [3.05, 3.63) is 23.8 Å². The van der Waals surface area contributed by atoms with Crippen LogP contribution in [0.1, 0.15) is 23.2 Å². The summed E-state index contributed by atoms with van der Waals surface area (Å²) in [4.78, 5) is 12.0. The third-order valence-corrected chi connectivity index (χ3v) is 2.87. The maximum absolute atomic E-state index is 12.0. The molecule has 7 nitrogen and oxygen atoms in total. The number of nitrogens with one attached hydrogen (secondary N) is 2. The number of hydrazone groups is 1. The van der Waals surface area contributed by atoms with E-state index < -0.39 is 0 Å². The summed E-state index contributed by atoms with van der Waals surface area (Å²) in [6.07, 6.45) is 2.01. The zero-order valence-corrected chi connectivity index (χ0v) is 11.4. The van der Waals surface area contributed by atoms with Crippen molar-refractivity contribution in [1.82, 2.24) is 5.32 Å². The van der Waals surface area contributed by atoms with Gasteiger partial charge in [-0.1, -0.05) is 0 Å². The number of rotatable bonds is 5. The van der Waals surface area contributed by atoms with Crippen molar-refractivity contribution in [2.45, 2.75) is 18.9 Å². The summed E-state index contributed by atoms with van der Waals surface area (Å²) in [5.41, 5.74) is 3.11. The molecule has 0 heterocycles. The molecule has 1 saturated carbocycles. The highest BCUT2D eigenvalue weighted by molar-refractivity contribution is 6.10. The molecule has 0 aromatic heterocycles. The Kier molecular flexibility index (Phi) is 4.37. The van der Waals surface area contributed by atoms with E-state index in [0.29, 0.717) is 17.0 Å². The van der Waals surface area contributed by atoms with Gasteiger partial charge in [-0.3, -0.25) is 10.2 Å². The van der Waals surface area contributed by atoms with Crippen molar-refractivity contribution < 1.29 is 9.53 Å². The number of amides is 1. The SMILES string of the molecule is COc1ccc(C(=O)NC2CC2)cc1NN=C(C#N)C#N. The number of methoxy groups -OCH3 is 1. The molecule has 0 bridgehead atoms. The Hall–Kier alpha value is -3.06. The van der Waals surface area contributed by atoms with Crippen molar-refractivity contribution in [2.24, 2.45) is 5.10 Å². The molecule has 0 spiro atoms. The summed E-state index contributed by atoms with van der Waals surface area (Å²) in [6.45, 7) is 0. The minimum atomic E-state index is -0.315. The molecule has 0 unspecified atom stereocenters. The fraction of sp³-hybridized carbons (Fsp3) is 0.286. The average Bonchev–Trinajstić information content (AvgIpc) is 3.32. The number of nitriles is 2. The lowest BCUT2D eigenvalue weighted by atomic mass is 10.1. The molecule has 0 atom stereocenters. The number of ether oxygens (including phenoxy) is 1. The highest BCUT2D eigenvalue weighted by Gasteiger charge is 2.24. The molecule has 7 heteroatoms. The predicted molar refractivity (Wildman–Crippen MR) is 75.8 cm³/mol. The Morgan fingerprint density at radius 3 is 2.67 bits per heavy atom. The molecular weight excluding hydrogens is 270 g/mol. The van der Waals surface area contributed by atoms with Crippen LogP contribution in [0.4, 0.5) is 5.69 Å². The smallest absolute Gasteiger partial charge is 0.251 e. The summed E-state index contributed by atoms with van der Waals surface area (Å²) >= 11 is 0. The molecular formula is C14H13N5O2. The second kappa shape index (κ2) is 6.40. The standard InChI is InChI=1S/C14H13N5O2/c1-21-13-5-2-9(14(20)17-10-3-4-10)6-12(13)19-18-11(7-15)8-16/h2,5-6,10,19H,3-4H2,1H3,(H,17,20). The summed E-state index contributed by atoms with van der Waals surface area (Å²) in [7, 11) is 1.48. The minimum absolute atomic E-state index is 0.173. The van der Waals surface area contributed by atoms with Gasteiger partial charge in [0.1, 0.15) is 17.9 Å². The Morgan fingerprint density at radius 1 is 1.38 bits per heavy atom. The summed E-state index contributed by atoms with van der Waals surface area (Å²) in [5, 5.41) is 23.8. The number of hydrogen-bond donors (Lipinski definition) is 2. The molecule has 21 heavy (non-hydrogen) atoms. The van der Waals surface area contributed by atoms with E-state index >= 15 is 0 Å². The van der Waals surface area contributed by atoms with Gasteiger partial charge < -0.3 is 10.1 Å². The lowest BCUT2D eigenvalue weighted by Crippen LogP contribution is -2.25. The lowest BCUT2D eigenvalue weighted by Gasteiger charge is -2.10. The fourth-order valence-corrected chi connectivity index (χ4v) is 1.62. The van der Waals surface area contributed by atoms with Crippen LogP contribution >= 0.6 is 0 Å². The monoisotopic (exact) mass is 283 g/mol. The van der Waals surface area contributed by atoms with Crippen LogP contribution in [0.2, 0.25) is 0 Å². The predicted octanol–water partition coefficient (Wildman–Crippen LogP) is 1.40. The van der Waals surface area contributed by atoms with E-state index in [1.54, 1.807) is 30.3 Å². The van der Waals surface area contributed by atoms with Crippen molar-refractivity contribution in [3.8, 4) is 17.9 Å². The van der Waals surface area contributed by atoms with Crippen LogP contribution in [0.5, 0.6) is 5.75 Å². The molecule has 1 aromatic rings. The third-order valence-electron chi connectivity index (χ3n) is 2.87. The highest BCUT2D eigenvalue weighted by Crippen LogP contribution is 2.26. The van der Waals surface area contributed by atoms with Gasteiger partial charge >= 0.3 is 0 Å². The first-order valence-electron chi connectivity index (χ1n) is 6.30. The lowest BCUT2D eigenvalue weighted by molar-refractivity contribution is 0.0951. The molecule has 2 N–H and O–H groups in total. The van der Waals surface area contributed by atoms with Gasteiger partial charge in [0.2, 0.25) is 5.71 Å². The summed E-state index contributed by atoms with van der Waals surface area (Å²) < 4.78 is 5.14.